The van der Waals surface area contributed by atoms with E-state index in [0.717, 1.165) is 30.5 Å². The number of nitrogens with one attached hydrogen (secondary N) is 1. The van der Waals surface area contributed by atoms with E-state index >= 15 is 0 Å². The van der Waals surface area contributed by atoms with E-state index < -0.39 is 0 Å². The first-order valence-corrected chi connectivity index (χ1v) is 11.6. The molecule has 1 atom stereocenters. The molecular formula is C26H26N4O2. The number of aromatic amines is 1. The third-order valence-electron chi connectivity index (χ3n) is 7.28. The molecule has 1 aliphatic heterocycles. The number of carbonyl (C=O) groups excluding carboxylic acids is 1. The molecule has 1 aliphatic carbocycles. The van der Waals surface area contributed by atoms with Crippen molar-refractivity contribution >= 4 is 22.5 Å². The Kier molecular flexibility index (Phi) is 4.59. The molecule has 0 radical (unpaired) electrons. The average molecular weight is 427 g/mol. The Labute approximate surface area is 185 Å². The van der Waals surface area contributed by atoms with E-state index in [1.165, 1.54) is 40.8 Å². The van der Waals surface area contributed by atoms with Crippen LogP contribution in [0, 0.1) is 5.92 Å². The van der Waals surface area contributed by atoms with Crippen molar-refractivity contribution in [3.05, 3.63) is 82.0 Å². The van der Waals surface area contributed by atoms with Crippen molar-refractivity contribution in [3.8, 4) is 0 Å². The average Bonchev–Trinajstić information content (AvgIpc) is 3.23. The van der Waals surface area contributed by atoms with Gasteiger partial charge in [-0.15, -0.1) is 0 Å². The SMILES string of the molecule is O=C(c1cnc2ccccn2c1=O)N1CCc2c([nH]c3ccccc23)C1C1CCCCC1. The van der Waals surface area contributed by atoms with Crippen LogP contribution in [-0.2, 0) is 6.42 Å². The molecule has 6 heteroatoms. The summed E-state index contributed by atoms with van der Waals surface area (Å²) >= 11 is 0. The Morgan fingerprint density at radius 3 is 2.72 bits per heavy atom. The molecule has 4 heterocycles. The predicted molar refractivity (Wildman–Crippen MR) is 124 cm³/mol. The van der Waals surface area contributed by atoms with Crippen LogP contribution in [0.2, 0.25) is 0 Å². The van der Waals surface area contributed by atoms with Gasteiger partial charge >= 0.3 is 0 Å². The highest BCUT2D eigenvalue weighted by atomic mass is 16.2. The van der Waals surface area contributed by atoms with Crippen molar-refractivity contribution < 1.29 is 4.79 Å². The van der Waals surface area contributed by atoms with Gasteiger partial charge in [-0.1, -0.05) is 43.5 Å². The van der Waals surface area contributed by atoms with Crippen molar-refractivity contribution in [2.75, 3.05) is 6.54 Å². The van der Waals surface area contributed by atoms with E-state index in [-0.39, 0.29) is 23.1 Å². The van der Waals surface area contributed by atoms with Gasteiger partial charge < -0.3 is 9.88 Å². The topological polar surface area (TPSA) is 70.5 Å². The molecule has 2 aliphatic rings. The molecule has 1 saturated carbocycles. The quantitative estimate of drug-likeness (QED) is 0.513. The number of hydrogen-bond donors (Lipinski definition) is 1. The number of H-pyrrole nitrogens is 1. The van der Waals surface area contributed by atoms with Crippen molar-refractivity contribution in [1.29, 1.82) is 0 Å². The molecule has 6 nitrogen and oxygen atoms in total. The zero-order valence-electron chi connectivity index (χ0n) is 18.0. The lowest BCUT2D eigenvalue weighted by atomic mass is 9.79. The monoisotopic (exact) mass is 426 g/mol. The van der Waals surface area contributed by atoms with E-state index in [0.29, 0.717) is 18.1 Å². The lowest BCUT2D eigenvalue weighted by Crippen LogP contribution is -2.45. The zero-order chi connectivity index (χ0) is 21.7. The predicted octanol–water partition coefficient (Wildman–Crippen LogP) is 4.50. The van der Waals surface area contributed by atoms with Crippen LogP contribution in [-0.4, -0.2) is 31.7 Å². The molecule has 1 unspecified atom stereocenters. The molecule has 1 amide bonds. The Balaban J connectivity index is 1.47. The van der Waals surface area contributed by atoms with Crippen LogP contribution in [0.15, 0.2) is 59.7 Å². The highest BCUT2D eigenvalue weighted by Gasteiger charge is 2.39. The van der Waals surface area contributed by atoms with Crippen molar-refractivity contribution in [2.24, 2.45) is 5.92 Å². The summed E-state index contributed by atoms with van der Waals surface area (Å²) in [5, 5.41) is 1.25. The largest absolute Gasteiger partial charge is 0.356 e. The Hall–Kier alpha value is -3.41. The minimum Gasteiger partial charge on any atom is -0.356 e. The summed E-state index contributed by atoms with van der Waals surface area (Å²) in [4.78, 5) is 36.9. The molecule has 3 aromatic heterocycles. The fraction of sp³-hybridized carbons (Fsp3) is 0.346. The smallest absolute Gasteiger partial charge is 0.270 e. The summed E-state index contributed by atoms with van der Waals surface area (Å²) < 4.78 is 1.46. The third-order valence-corrected chi connectivity index (χ3v) is 7.28. The normalized spacial score (nSPS) is 19.4. The number of nitrogens with zero attached hydrogens (tertiary/aromatic N) is 3. The molecule has 0 bridgehead atoms. The van der Waals surface area contributed by atoms with Gasteiger partial charge in [-0.2, -0.15) is 0 Å². The van der Waals surface area contributed by atoms with Gasteiger partial charge in [0.1, 0.15) is 11.2 Å². The maximum absolute atomic E-state index is 13.8. The molecule has 4 aromatic rings. The number of aromatic nitrogens is 3. The van der Waals surface area contributed by atoms with E-state index in [4.69, 9.17) is 0 Å². The molecule has 1 N–H and O–H groups in total. The van der Waals surface area contributed by atoms with E-state index in [9.17, 15) is 9.59 Å². The molecule has 1 fully saturated rings. The number of para-hydroxylation sites is 1. The minimum atomic E-state index is -0.301. The van der Waals surface area contributed by atoms with Gasteiger partial charge in [-0.25, -0.2) is 4.98 Å². The number of carbonyl (C=O) groups is 1. The van der Waals surface area contributed by atoms with Crippen molar-refractivity contribution in [3.63, 3.8) is 0 Å². The minimum absolute atomic E-state index is 0.0326. The highest BCUT2D eigenvalue weighted by Crippen LogP contribution is 2.44. The first-order chi connectivity index (χ1) is 15.7. The summed E-state index contributed by atoms with van der Waals surface area (Å²) in [6, 6.07) is 13.8. The fourth-order valence-electron chi connectivity index (χ4n) is 5.77. The van der Waals surface area contributed by atoms with Gasteiger partial charge in [0.2, 0.25) is 0 Å². The maximum atomic E-state index is 13.8. The van der Waals surface area contributed by atoms with Crippen LogP contribution in [0.3, 0.4) is 0 Å². The molecule has 0 saturated heterocycles. The van der Waals surface area contributed by atoms with Gasteiger partial charge in [0, 0.05) is 35.5 Å². The zero-order valence-corrected chi connectivity index (χ0v) is 18.0. The number of fused-ring (bicyclic) bond motifs is 4. The lowest BCUT2D eigenvalue weighted by Gasteiger charge is -2.41. The van der Waals surface area contributed by atoms with Crippen molar-refractivity contribution in [1.82, 2.24) is 19.3 Å². The third kappa shape index (κ3) is 2.97. The summed E-state index contributed by atoms with van der Waals surface area (Å²) in [5.41, 5.74) is 4.01. The van der Waals surface area contributed by atoms with Crippen LogP contribution in [0.25, 0.3) is 16.6 Å². The Bertz CT molecular complexity index is 1380. The van der Waals surface area contributed by atoms with Gasteiger partial charge in [-0.3, -0.25) is 14.0 Å². The van der Waals surface area contributed by atoms with Crippen molar-refractivity contribution in [2.45, 2.75) is 44.6 Å². The fourth-order valence-corrected chi connectivity index (χ4v) is 5.77. The second-order valence-corrected chi connectivity index (χ2v) is 9.06. The van der Waals surface area contributed by atoms with Crippen LogP contribution < -0.4 is 5.56 Å². The molecule has 32 heavy (non-hydrogen) atoms. The summed E-state index contributed by atoms with van der Waals surface area (Å²) in [6.07, 6.45) is 9.78. The van der Waals surface area contributed by atoms with Gasteiger partial charge in [0.15, 0.2) is 0 Å². The molecule has 1 aromatic carbocycles. The second-order valence-electron chi connectivity index (χ2n) is 9.06. The van der Waals surface area contributed by atoms with Crippen LogP contribution >= 0.6 is 0 Å². The Morgan fingerprint density at radius 1 is 1.03 bits per heavy atom. The van der Waals surface area contributed by atoms with E-state index in [1.807, 2.05) is 17.0 Å². The molecular weight excluding hydrogens is 400 g/mol. The number of amides is 1. The van der Waals surface area contributed by atoms with Crippen LogP contribution in [0.1, 0.15) is 59.8 Å². The Morgan fingerprint density at radius 2 is 1.84 bits per heavy atom. The highest BCUT2D eigenvalue weighted by molar-refractivity contribution is 5.95. The molecule has 6 rings (SSSR count). The van der Waals surface area contributed by atoms with E-state index in [2.05, 4.69) is 28.2 Å². The number of pyridine rings is 1. The number of hydrogen-bond acceptors (Lipinski definition) is 3. The van der Waals surface area contributed by atoms with Crippen LogP contribution in [0.5, 0.6) is 0 Å². The first-order valence-electron chi connectivity index (χ1n) is 11.6. The van der Waals surface area contributed by atoms with E-state index in [1.54, 1.807) is 18.3 Å². The molecule has 0 spiro atoms. The number of rotatable bonds is 2. The second kappa shape index (κ2) is 7.62. The summed E-state index contributed by atoms with van der Waals surface area (Å²) in [5.74, 6) is 0.191. The van der Waals surface area contributed by atoms with Gasteiger partial charge in [-0.05, 0) is 48.9 Å². The number of benzene rings is 1. The van der Waals surface area contributed by atoms with Gasteiger partial charge in [0.25, 0.3) is 11.5 Å². The van der Waals surface area contributed by atoms with Gasteiger partial charge in [0.05, 0.1) is 6.04 Å². The maximum Gasteiger partial charge on any atom is 0.270 e. The molecule has 162 valence electrons. The summed E-state index contributed by atoms with van der Waals surface area (Å²) in [6.45, 7) is 0.617. The first kappa shape index (κ1) is 19.3. The standard InChI is InChI=1S/C26H26N4O2/c31-25-20(16-27-22-12-6-7-14-29(22)25)26(32)30-15-13-19-18-10-4-5-11-21(18)28-23(19)24(30)17-8-2-1-3-9-17/h4-7,10-12,14,16-17,24,28H,1-3,8-9,13,15H2. The lowest BCUT2D eigenvalue weighted by molar-refractivity contribution is 0.0531. The summed E-state index contributed by atoms with van der Waals surface area (Å²) in [7, 11) is 0. The van der Waals surface area contributed by atoms with Crippen LogP contribution in [0.4, 0.5) is 0 Å².